The third-order valence-corrected chi connectivity index (χ3v) is 11.8. The van der Waals surface area contributed by atoms with E-state index in [1.807, 2.05) is 51.1 Å². The van der Waals surface area contributed by atoms with Gasteiger partial charge in [-0.05, 0) is 84.2 Å². The van der Waals surface area contributed by atoms with E-state index in [0.717, 1.165) is 12.5 Å². The number of oxime groups is 1. The normalized spacial score (nSPS) is 41.2. The third kappa shape index (κ3) is 10.2. The number of fused-ring (bicyclic) bond motifs is 5. The maximum absolute atomic E-state index is 16.8. The van der Waals surface area contributed by atoms with Crippen LogP contribution in [0.2, 0.25) is 0 Å². The van der Waals surface area contributed by atoms with Crippen LogP contribution in [0.4, 0.5) is 4.39 Å². The predicted molar refractivity (Wildman–Crippen MR) is 204 cm³/mol. The Balaban J connectivity index is 1.96. The van der Waals surface area contributed by atoms with E-state index in [1.54, 1.807) is 20.9 Å². The lowest BCUT2D eigenvalue weighted by Crippen LogP contribution is -2.61. The Bertz CT molecular complexity index is 1550. The molecule has 3 aliphatic heterocycles. The predicted octanol–water partition coefficient (Wildman–Crippen LogP) is 4.88. The lowest BCUT2D eigenvalue weighted by Gasteiger charge is -2.47. The van der Waals surface area contributed by atoms with Crippen molar-refractivity contribution in [2.45, 2.75) is 155 Å². The average molecular weight is 776 g/mol. The van der Waals surface area contributed by atoms with Crippen molar-refractivity contribution in [2.75, 3.05) is 13.7 Å². The number of aliphatic hydroxyl groups excluding tert-OH is 1. The van der Waals surface area contributed by atoms with E-state index < -0.39 is 88.8 Å². The molecule has 13 nitrogen and oxygen atoms in total. The zero-order valence-electron chi connectivity index (χ0n) is 34.0. The number of Topliss-reactive ketones (excluding diaryl/α,β-unsaturated/α-hetero) is 1. The summed E-state index contributed by atoms with van der Waals surface area (Å²) in [5, 5.41) is 31.4. The van der Waals surface area contributed by atoms with Crippen molar-refractivity contribution in [3.8, 4) is 0 Å². The first kappa shape index (κ1) is 44.6. The number of rotatable bonds is 7. The number of ether oxygens (including phenoxy) is 4. The number of alkyl halides is 1. The van der Waals surface area contributed by atoms with Crippen molar-refractivity contribution in [2.24, 2.45) is 33.8 Å². The average Bonchev–Trinajstić information content (AvgIpc) is 3.14. The molecule has 0 radical (unpaired) electrons. The number of hydrogen-bond donors (Lipinski definition) is 3. The molecule has 0 saturated carbocycles. The van der Waals surface area contributed by atoms with Gasteiger partial charge in [-0.3, -0.25) is 9.59 Å². The van der Waals surface area contributed by atoms with E-state index in [2.05, 4.69) is 15.5 Å². The Morgan fingerprint density at radius 3 is 2.38 bits per heavy atom. The molecule has 1 amide bonds. The molecule has 2 bridgehead atoms. The first-order valence-corrected chi connectivity index (χ1v) is 19.5. The fraction of sp³-hybridized carbons (Fsp3) is 0.732. The molecule has 3 heterocycles. The second-order valence-electron chi connectivity index (χ2n) is 16.3. The van der Waals surface area contributed by atoms with Gasteiger partial charge in [0.05, 0.1) is 30.1 Å². The number of nitrogens with one attached hydrogen (secondary N) is 1. The summed E-state index contributed by atoms with van der Waals surface area (Å²) >= 11 is 0. The number of carbonyl (C=O) groups excluding carboxylic acids is 3. The van der Waals surface area contributed by atoms with Crippen LogP contribution in [-0.2, 0) is 44.8 Å². The Morgan fingerprint density at radius 1 is 1.09 bits per heavy atom. The van der Waals surface area contributed by atoms with Crippen molar-refractivity contribution in [3.05, 3.63) is 35.9 Å². The molecule has 0 spiro atoms. The lowest BCUT2D eigenvalue weighted by atomic mass is 9.68. The molecule has 14 heteroatoms. The molecule has 1 aromatic carbocycles. The van der Waals surface area contributed by atoms with Crippen molar-refractivity contribution in [1.82, 2.24) is 5.32 Å². The Hall–Kier alpha value is -3.14. The number of halogens is 1. The van der Waals surface area contributed by atoms with Gasteiger partial charge in [-0.2, -0.15) is 0 Å². The van der Waals surface area contributed by atoms with Crippen LogP contribution in [0, 0.1) is 23.7 Å². The van der Waals surface area contributed by atoms with Crippen LogP contribution >= 0.6 is 0 Å². The molecule has 3 saturated heterocycles. The van der Waals surface area contributed by atoms with Gasteiger partial charge < -0.3 is 39.3 Å². The second-order valence-corrected chi connectivity index (χ2v) is 16.3. The fourth-order valence-corrected chi connectivity index (χ4v) is 8.70. The maximum Gasteiger partial charge on any atom is 0.351 e. The molecule has 55 heavy (non-hydrogen) atoms. The largest absolute Gasteiger partial charge is 0.457 e. The molecule has 1 aromatic rings. The zero-order chi connectivity index (χ0) is 40.9. The summed E-state index contributed by atoms with van der Waals surface area (Å²) in [7, 11) is 1.71. The summed E-state index contributed by atoms with van der Waals surface area (Å²) in [5.74, 6) is -6.23. The number of benzene rings is 1. The van der Waals surface area contributed by atoms with Crippen molar-refractivity contribution in [1.29, 1.82) is 0 Å². The van der Waals surface area contributed by atoms with E-state index in [9.17, 15) is 24.6 Å². The molecule has 13 atom stereocenters. The molecule has 0 aromatic heterocycles. The number of amides is 1. The number of esters is 1. The minimum Gasteiger partial charge on any atom is -0.457 e. The lowest BCUT2D eigenvalue weighted by molar-refractivity contribution is -0.291. The van der Waals surface area contributed by atoms with Gasteiger partial charge in [0.1, 0.15) is 24.4 Å². The van der Waals surface area contributed by atoms with Crippen LogP contribution in [0.5, 0.6) is 0 Å². The highest BCUT2D eigenvalue weighted by atomic mass is 19.1. The number of ketones is 1. The number of cyclic esters (lactones) is 1. The first-order valence-electron chi connectivity index (χ1n) is 19.5. The van der Waals surface area contributed by atoms with Gasteiger partial charge in [-0.25, -0.2) is 14.2 Å². The summed E-state index contributed by atoms with van der Waals surface area (Å²) in [4.78, 5) is 51.2. The Kier molecular flexibility index (Phi) is 14.9. The number of aliphatic imine (C=N–C) groups is 1. The summed E-state index contributed by atoms with van der Waals surface area (Å²) in [6.07, 6.45) is -4.25. The zero-order valence-corrected chi connectivity index (χ0v) is 34.0. The highest BCUT2D eigenvalue weighted by Gasteiger charge is 2.56. The minimum atomic E-state index is -3.16. The summed E-state index contributed by atoms with van der Waals surface area (Å²) in [6.45, 7) is 14.2. The highest BCUT2D eigenvalue weighted by molar-refractivity contribution is 6.08. The van der Waals surface area contributed by atoms with E-state index in [1.165, 1.54) is 20.8 Å². The second kappa shape index (κ2) is 18.4. The summed E-state index contributed by atoms with van der Waals surface area (Å²) in [6, 6.07) is 9.08. The van der Waals surface area contributed by atoms with Gasteiger partial charge in [0, 0.05) is 30.5 Å². The van der Waals surface area contributed by atoms with E-state index in [0.29, 0.717) is 17.8 Å². The molecular formula is C41H62FN3O10. The molecule has 1 unspecified atom stereocenters. The number of aliphatic hydroxyl groups is 2. The summed E-state index contributed by atoms with van der Waals surface area (Å²) < 4.78 is 42.1. The topological polar surface area (TPSA) is 175 Å². The standard InChI is InChI=1S/C41H62FN3O10/c1-11-32-41(9,50)30-18-17-29(45-52-21-28-15-13-12-14-16-28)22-51-39(7,20-23(2)33(25(30)4)44-27(6)46)36(26(5)35(48)40(8,42)38(49)54-32)55-37-34(47)31(43-10)19-24(3)53-37/h12-16,23-26,30-32,34,36-37,43,47,50H,11,17-22H2,1-10H3/b44-33?,45-29+/t23-,24-,25-,26?,30-,31+,32-,34-,36-,37+,39-,40+,41+/m1/s1. The van der Waals surface area contributed by atoms with E-state index in [4.69, 9.17) is 23.8 Å². The smallest absolute Gasteiger partial charge is 0.351 e. The molecule has 3 N–H and O–H groups in total. The maximum atomic E-state index is 16.8. The molecule has 4 rings (SSSR count). The first-order chi connectivity index (χ1) is 25.8. The van der Waals surface area contributed by atoms with Crippen LogP contribution in [0.3, 0.4) is 0 Å². The summed E-state index contributed by atoms with van der Waals surface area (Å²) in [5.41, 5.74) is -4.61. The van der Waals surface area contributed by atoms with Crippen LogP contribution in [-0.4, -0.2) is 107 Å². The van der Waals surface area contributed by atoms with Crippen LogP contribution in [0.1, 0.15) is 100.0 Å². The number of carbonyl (C=O) groups is 3. The number of likely N-dealkylation sites (N-methyl/N-ethyl adjacent to an activating group) is 1. The van der Waals surface area contributed by atoms with E-state index in [-0.39, 0.29) is 45.0 Å². The minimum absolute atomic E-state index is 0.0806. The Labute approximate surface area is 324 Å². The van der Waals surface area contributed by atoms with Gasteiger partial charge in [0.25, 0.3) is 5.67 Å². The van der Waals surface area contributed by atoms with Crippen molar-refractivity contribution < 1.29 is 52.8 Å². The quantitative estimate of drug-likeness (QED) is 0.196. The number of nitrogens with zero attached hydrogens (tertiary/aromatic N) is 2. The van der Waals surface area contributed by atoms with Crippen LogP contribution in [0.25, 0.3) is 0 Å². The third-order valence-electron chi connectivity index (χ3n) is 11.8. The highest BCUT2D eigenvalue weighted by Crippen LogP contribution is 2.43. The van der Waals surface area contributed by atoms with Gasteiger partial charge in [0.15, 0.2) is 12.1 Å². The van der Waals surface area contributed by atoms with Gasteiger partial charge in [0.2, 0.25) is 5.91 Å². The van der Waals surface area contributed by atoms with Gasteiger partial charge in [-0.1, -0.05) is 63.2 Å². The van der Waals surface area contributed by atoms with Crippen LogP contribution in [0.15, 0.2) is 40.5 Å². The number of hydrogen-bond acceptors (Lipinski definition) is 12. The SMILES string of the molecule is CC[C@H]1OC(=O)[C@@](C)(F)C(=O)C(C)[C@@H](O[C@@H]2O[C@H](C)C[C@H](NC)[C@H]2O)[C@@]2(C)C[C@@H](C)C(=NC(C)=O)[C@H](C)[C@@H](CC/C(=N\OCc3ccccc3)CO2)[C@]1(C)O. The fourth-order valence-electron chi connectivity index (χ4n) is 8.70. The monoisotopic (exact) mass is 775 g/mol. The van der Waals surface area contributed by atoms with E-state index >= 15 is 4.39 Å². The van der Waals surface area contributed by atoms with Crippen molar-refractivity contribution >= 4 is 29.1 Å². The molecule has 0 aliphatic carbocycles. The molecule has 3 aliphatic rings. The Morgan fingerprint density at radius 2 is 1.76 bits per heavy atom. The molecule has 3 fully saturated rings. The molecular weight excluding hydrogens is 713 g/mol. The van der Waals surface area contributed by atoms with Gasteiger partial charge >= 0.3 is 5.97 Å². The van der Waals surface area contributed by atoms with Gasteiger partial charge in [-0.15, -0.1) is 0 Å². The van der Waals surface area contributed by atoms with Crippen molar-refractivity contribution in [3.63, 3.8) is 0 Å². The van der Waals surface area contributed by atoms with Crippen LogP contribution < -0.4 is 5.32 Å². The molecule has 308 valence electrons.